The van der Waals surface area contributed by atoms with Gasteiger partial charge in [0, 0.05) is 61.7 Å². The number of likely N-dealkylation sites (N-methyl/N-ethyl adjacent to an activating group) is 2. The Morgan fingerprint density at radius 2 is 1.59 bits per heavy atom. The number of hydrogen-bond donors (Lipinski definition) is 3. The monoisotopic (exact) mass is 739 g/mol. The highest BCUT2D eigenvalue weighted by molar-refractivity contribution is 8.76. The summed E-state index contributed by atoms with van der Waals surface area (Å²) in [5.41, 5.74) is -2.90. The Bertz CT molecular complexity index is 1870. The average Bonchev–Trinajstić information content (AvgIpc) is 3.14. The van der Waals surface area contributed by atoms with Crippen molar-refractivity contribution >= 4 is 51.1 Å². The molecular formula is C35H37N3O11S2. The van der Waals surface area contributed by atoms with Crippen molar-refractivity contribution in [3.63, 3.8) is 0 Å². The van der Waals surface area contributed by atoms with E-state index in [9.17, 15) is 39.3 Å². The van der Waals surface area contributed by atoms with Crippen molar-refractivity contribution in [3.8, 4) is 17.2 Å². The minimum Gasteiger partial charge on any atom is -0.507 e. The van der Waals surface area contributed by atoms with Gasteiger partial charge >= 0.3 is 12.2 Å². The summed E-state index contributed by atoms with van der Waals surface area (Å²) < 4.78 is 15.8. The highest BCUT2D eigenvalue weighted by atomic mass is 33.1. The van der Waals surface area contributed by atoms with E-state index in [0.717, 1.165) is 9.93 Å². The summed E-state index contributed by atoms with van der Waals surface area (Å²) >= 11 is 0. The zero-order valence-electron chi connectivity index (χ0n) is 28.3. The number of amides is 2. The number of phenols is 2. The minimum absolute atomic E-state index is 0.00849. The summed E-state index contributed by atoms with van der Waals surface area (Å²) in [7, 11) is 7.27. The number of aliphatic hydroxyl groups is 1. The number of carbonyl (C=O) groups is 5. The second-order valence-corrected chi connectivity index (χ2v) is 14.9. The minimum atomic E-state index is -2.11. The maximum absolute atomic E-state index is 13.5. The van der Waals surface area contributed by atoms with Crippen molar-refractivity contribution in [1.82, 2.24) is 14.8 Å². The van der Waals surface area contributed by atoms with Crippen molar-refractivity contribution < 1.29 is 53.5 Å². The van der Waals surface area contributed by atoms with E-state index in [4.69, 9.17) is 14.2 Å². The highest BCUT2D eigenvalue weighted by Crippen LogP contribution is 2.48. The molecule has 0 saturated heterocycles. The van der Waals surface area contributed by atoms with E-state index >= 15 is 0 Å². The zero-order valence-corrected chi connectivity index (χ0v) is 30.0. The van der Waals surface area contributed by atoms with Crippen LogP contribution in [-0.2, 0) is 27.1 Å². The van der Waals surface area contributed by atoms with Gasteiger partial charge in [0.2, 0.25) is 11.6 Å². The highest BCUT2D eigenvalue weighted by Gasteiger charge is 2.45. The van der Waals surface area contributed by atoms with E-state index in [1.54, 1.807) is 6.20 Å². The Balaban J connectivity index is 1.14. The summed E-state index contributed by atoms with van der Waals surface area (Å²) in [5.74, 6) is -3.30. The molecule has 5 rings (SSSR count). The fourth-order valence-electron chi connectivity index (χ4n) is 5.77. The lowest BCUT2D eigenvalue weighted by Gasteiger charge is -2.34. The molecule has 14 nitrogen and oxygen atoms in total. The van der Waals surface area contributed by atoms with Crippen LogP contribution in [0.2, 0.25) is 0 Å². The normalized spacial score (nSPS) is 16.6. The van der Waals surface area contributed by atoms with Gasteiger partial charge in [0.15, 0.2) is 12.4 Å². The topological polar surface area (TPSA) is 193 Å². The number of ketones is 3. The summed E-state index contributed by atoms with van der Waals surface area (Å²) in [6.45, 7) is 1.44. The number of methoxy groups -OCH3 is 1. The van der Waals surface area contributed by atoms with Crippen LogP contribution in [0.1, 0.15) is 56.3 Å². The first-order chi connectivity index (χ1) is 24.3. The van der Waals surface area contributed by atoms with Crippen LogP contribution >= 0.6 is 21.6 Å². The molecule has 1 heterocycles. The molecule has 270 valence electrons. The average molecular weight is 740 g/mol. The Morgan fingerprint density at radius 3 is 2.25 bits per heavy atom. The van der Waals surface area contributed by atoms with Gasteiger partial charge in [0.05, 0.1) is 23.8 Å². The molecule has 0 saturated carbocycles. The molecule has 0 aliphatic heterocycles. The maximum Gasteiger partial charge on any atom is 0.409 e. The van der Waals surface area contributed by atoms with Gasteiger partial charge in [-0.25, -0.2) is 14.6 Å². The van der Waals surface area contributed by atoms with Crippen molar-refractivity contribution in [2.75, 3.05) is 47.5 Å². The number of pyridine rings is 1. The zero-order chi connectivity index (χ0) is 37.0. The van der Waals surface area contributed by atoms with Crippen molar-refractivity contribution in [3.05, 3.63) is 76.0 Å². The van der Waals surface area contributed by atoms with Crippen LogP contribution in [0, 0.1) is 0 Å². The van der Waals surface area contributed by atoms with Crippen LogP contribution in [0.15, 0.2) is 47.6 Å². The van der Waals surface area contributed by atoms with E-state index < -0.39 is 65.2 Å². The Morgan fingerprint density at radius 1 is 0.922 bits per heavy atom. The maximum atomic E-state index is 13.5. The lowest BCUT2D eigenvalue weighted by molar-refractivity contribution is -0.141. The van der Waals surface area contributed by atoms with E-state index in [1.807, 2.05) is 25.1 Å². The number of Topliss-reactive ketones (excluding diaryl/α,β-unsaturated/α-hetero) is 1. The van der Waals surface area contributed by atoms with Crippen LogP contribution in [0.5, 0.6) is 17.2 Å². The molecule has 51 heavy (non-hydrogen) atoms. The third-order valence-corrected chi connectivity index (χ3v) is 11.5. The third-order valence-electron chi connectivity index (χ3n) is 8.71. The van der Waals surface area contributed by atoms with Crippen molar-refractivity contribution in [2.24, 2.45) is 0 Å². The number of fused-ring (bicyclic) bond motifs is 3. The Labute approximate surface area is 301 Å². The molecule has 2 atom stereocenters. The fourth-order valence-corrected chi connectivity index (χ4v) is 7.65. The van der Waals surface area contributed by atoms with Gasteiger partial charge in [-0.15, -0.1) is 0 Å². The molecular weight excluding hydrogens is 703 g/mol. The SMILES string of the molecule is COc1cccc2c1C(=O)c1c(O)c3c(c(O)c1C2=O)C[C@@](O)(C(=O)COC(=O)N(C)CCN(C)C(=O)OCC(C)SSc1ccccn1)CC3. The van der Waals surface area contributed by atoms with Crippen molar-refractivity contribution in [2.45, 2.75) is 42.1 Å². The van der Waals surface area contributed by atoms with Gasteiger partial charge in [0.25, 0.3) is 0 Å². The lowest BCUT2D eigenvalue weighted by atomic mass is 9.73. The molecule has 16 heteroatoms. The second kappa shape index (κ2) is 15.6. The molecule has 0 bridgehead atoms. The number of hydrogen-bond acceptors (Lipinski definition) is 14. The molecule has 2 aliphatic carbocycles. The van der Waals surface area contributed by atoms with E-state index in [0.29, 0.717) is 0 Å². The van der Waals surface area contributed by atoms with Crippen LogP contribution in [0.4, 0.5) is 9.59 Å². The molecule has 1 unspecified atom stereocenters. The standard InChI is InChI=1S/C35H37N3O11S2/c1-19(50-51-25-10-5-6-13-36-25)17-48-33(44)37(2)14-15-38(3)34(45)49-18-24(39)35(46)12-11-20-22(16-35)31(42)27-28(29(20)40)32(43)26-21(30(27)41)8-7-9-23(26)47-4/h5-10,13,19,40,42,46H,11-12,14-18H2,1-4H3/t19?,35-/m1/s1. The number of rotatable bonds is 12. The van der Waals surface area contributed by atoms with Crippen LogP contribution < -0.4 is 4.74 Å². The number of benzene rings is 2. The van der Waals surface area contributed by atoms with Gasteiger partial charge < -0.3 is 39.3 Å². The van der Waals surface area contributed by atoms with Gasteiger partial charge in [-0.05, 0) is 48.8 Å². The molecule has 2 amide bonds. The van der Waals surface area contributed by atoms with Crippen LogP contribution in [0.3, 0.4) is 0 Å². The van der Waals surface area contributed by atoms with E-state index in [1.165, 1.54) is 65.9 Å². The van der Waals surface area contributed by atoms with E-state index in [2.05, 4.69) is 4.98 Å². The Kier molecular flexibility index (Phi) is 11.5. The third kappa shape index (κ3) is 7.77. The number of aromatic nitrogens is 1. The smallest absolute Gasteiger partial charge is 0.409 e. The molecule has 0 fully saturated rings. The van der Waals surface area contributed by atoms with Crippen LogP contribution in [-0.4, -0.2) is 118 Å². The van der Waals surface area contributed by atoms with Gasteiger partial charge in [-0.3, -0.25) is 14.4 Å². The first kappa shape index (κ1) is 37.5. The fraction of sp³-hybridized carbons (Fsp3) is 0.371. The van der Waals surface area contributed by atoms with Crippen molar-refractivity contribution in [1.29, 1.82) is 0 Å². The van der Waals surface area contributed by atoms with Crippen LogP contribution in [0.25, 0.3) is 0 Å². The quantitative estimate of drug-likeness (QED) is 0.139. The number of carbonyl (C=O) groups excluding carboxylic acids is 5. The Hall–Kier alpha value is -4.80. The summed E-state index contributed by atoms with van der Waals surface area (Å²) in [4.78, 5) is 72.0. The predicted molar refractivity (Wildman–Crippen MR) is 187 cm³/mol. The number of ether oxygens (including phenoxy) is 3. The number of aromatic hydroxyl groups is 2. The van der Waals surface area contributed by atoms with Gasteiger partial charge in [-0.2, -0.15) is 0 Å². The molecule has 2 aromatic carbocycles. The first-order valence-corrected chi connectivity index (χ1v) is 18.1. The molecule has 0 spiro atoms. The summed E-state index contributed by atoms with van der Waals surface area (Å²) in [6.07, 6.45) is -0.598. The largest absolute Gasteiger partial charge is 0.507 e. The first-order valence-electron chi connectivity index (χ1n) is 15.9. The van der Waals surface area contributed by atoms with Gasteiger partial charge in [0.1, 0.15) is 34.5 Å². The molecule has 3 aromatic rings. The lowest BCUT2D eigenvalue weighted by Crippen LogP contribution is -2.47. The predicted octanol–water partition coefficient (Wildman–Crippen LogP) is 4.03. The van der Waals surface area contributed by atoms with Gasteiger partial charge in [-0.1, -0.05) is 29.0 Å². The molecule has 0 radical (unpaired) electrons. The number of phenolic OH excluding ortho intramolecular Hbond substituents is 2. The molecule has 1 aromatic heterocycles. The van der Waals surface area contributed by atoms with E-state index in [-0.39, 0.29) is 71.4 Å². The summed E-state index contributed by atoms with van der Waals surface area (Å²) in [6, 6.07) is 10.0. The molecule has 3 N–H and O–H groups in total. The summed E-state index contributed by atoms with van der Waals surface area (Å²) in [5, 5.41) is 34.6. The second-order valence-electron chi connectivity index (χ2n) is 12.2. The molecule has 2 aliphatic rings. The number of nitrogens with zero attached hydrogens (tertiary/aromatic N) is 3.